The molecule has 2 nitrogen and oxygen atoms in total. The monoisotopic (exact) mass is 299 g/mol. The van der Waals surface area contributed by atoms with E-state index in [1.165, 1.54) is 0 Å². The molecule has 3 heteroatoms. The van der Waals surface area contributed by atoms with Crippen molar-refractivity contribution in [2.24, 2.45) is 5.92 Å². The SMILES string of the molecule is CCC(C#N)C(=O)c1cccc(I)c1. The molecule has 0 N–H and O–H groups in total. The molecular formula is C11H10INO. The fourth-order valence-corrected chi connectivity index (χ4v) is 1.72. The van der Waals surface area contributed by atoms with Gasteiger partial charge in [0.1, 0.15) is 5.92 Å². The molecular weight excluding hydrogens is 289 g/mol. The highest BCUT2D eigenvalue weighted by molar-refractivity contribution is 14.1. The Morgan fingerprint density at radius 3 is 2.86 bits per heavy atom. The van der Waals surface area contributed by atoms with E-state index in [9.17, 15) is 4.79 Å². The van der Waals surface area contributed by atoms with Crippen molar-refractivity contribution in [2.45, 2.75) is 13.3 Å². The van der Waals surface area contributed by atoms with Crippen molar-refractivity contribution in [1.29, 1.82) is 5.26 Å². The van der Waals surface area contributed by atoms with E-state index in [4.69, 9.17) is 5.26 Å². The van der Waals surface area contributed by atoms with Gasteiger partial charge in [0.2, 0.25) is 0 Å². The molecule has 0 heterocycles. The van der Waals surface area contributed by atoms with Gasteiger partial charge in [-0.25, -0.2) is 0 Å². The van der Waals surface area contributed by atoms with Gasteiger partial charge in [-0.3, -0.25) is 4.79 Å². The van der Waals surface area contributed by atoms with Crippen LogP contribution < -0.4 is 0 Å². The van der Waals surface area contributed by atoms with E-state index in [-0.39, 0.29) is 5.78 Å². The Labute approximate surface area is 97.1 Å². The molecule has 1 aromatic carbocycles. The molecule has 0 radical (unpaired) electrons. The summed E-state index contributed by atoms with van der Waals surface area (Å²) in [5.74, 6) is -0.582. The molecule has 14 heavy (non-hydrogen) atoms. The van der Waals surface area contributed by atoms with Gasteiger partial charge in [-0.2, -0.15) is 5.26 Å². The quantitative estimate of drug-likeness (QED) is 0.636. The van der Waals surface area contributed by atoms with Crippen molar-refractivity contribution in [2.75, 3.05) is 0 Å². The Morgan fingerprint density at radius 1 is 1.64 bits per heavy atom. The average Bonchev–Trinajstić information content (AvgIpc) is 2.19. The maximum Gasteiger partial charge on any atom is 0.180 e. The van der Waals surface area contributed by atoms with Gasteiger partial charge in [-0.15, -0.1) is 0 Å². The molecule has 0 bridgehead atoms. The third-order valence-electron chi connectivity index (χ3n) is 1.99. The molecule has 0 aliphatic carbocycles. The molecule has 0 saturated carbocycles. The second kappa shape index (κ2) is 5.11. The lowest BCUT2D eigenvalue weighted by atomic mass is 9.97. The third-order valence-corrected chi connectivity index (χ3v) is 2.66. The van der Waals surface area contributed by atoms with E-state index in [0.717, 1.165) is 3.57 Å². The largest absolute Gasteiger partial charge is 0.293 e. The first kappa shape index (κ1) is 11.2. The Balaban J connectivity index is 2.95. The zero-order valence-electron chi connectivity index (χ0n) is 7.83. The topological polar surface area (TPSA) is 40.9 Å². The van der Waals surface area contributed by atoms with Crippen molar-refractivity contribution in [3.63, 3.8) is 0 Å². The predicted octanol–water partition coefficient (Wildman–Crippen LogP) is 3.02. The van der Waals surface area contributed by atoms with Gasteiger partial charge in [-0.05, 0) is 41.1 Å². The molecule has 72 valence electrons. The van der Waals surface area contributed by atoms with E-state index in [1.807, 2.05) is 31.2 Å². The predicted molar refractivity (Wildman–Crippen MR) is 62.9 cm³/mol. The highest BCUT2D eigenvalue weighted by Gasteiger charge is 2.17. The van der Waals surface area contributed by atoms with E-state index < -0.39 is 5.92 Å². The highest BCUT2D eigenvalue weighted by atomic mass is 127. The minimum atomic E-state index is -0.506. The molecule has 1 atom stereocenters. The first-order valence-electron chi connectivity index (χ1n) is 4.38. The van der Waals surface area contributed by atoms with E-state index in [0.29, 0.717) is 12.0 Å². The number of carbonyl (C=O) groups excluding carboxylic acids is 1. The van der Waals surface area contributed by atoms with Gasteiger partial charge in [0.25, 0.3) is 0 Å². The van der Waals surface area contributed by atoms with Crippen LogP contribution in [-0.2, 0) is 0 Å². The summed E-state index contributed by atoms with van der Waals surface area (Å²) in [4.78, 5) is 11.7. The minimum Gasteiger partial charge on any atom is -0.293 e. The summed E-state index contributed by atoms with van der Waals surface area (Å²) >= 11 is 2.15. The standard InChI is InChI=1S/C11H10INO/c1-2-8(7-13)11(14)9-4-3-5-10(12)6-9/h3-6,8H,2H2,1H3. The Bertz CT molecular complexity index is 381. The zero-order valence-corrected chi connectivity index (χ0v) is 9.98. The van der Waals surface area contributed by atoms with Crippen LogP contribution in [0.2, 0.25) is 0 Å². The van der Waals surface area contributed by atoms with Crippen LogP contribution >= 0.6 is 22.6 Å². The molecule has 0 aliphatic heterocycles. The van der Waals surface area contributed by atoms with Crippen LogP contribution in [-0.4, -0.2) is 5.78 Å². The van der Waals surface area contributed by atoms with Gasteiger partial charge in [0.15, 0.2) is 5.78 Å². The highest BCUT2D eigenvalue weighted by Crippen LogP contribution is 2.14. The lowest BCUT2D eigenvalue weighted by Crippen LogP contribution is -2.11. The molecule has 0 amide bonds. The molecule has 0 aliphatic rings. The van der Waals surface area contributed by atoms with Crippen LogP contribution in [0.1, 0.15) is 23.7 Å². The van der Waals surface area contributed by atoms with Crippen molar-refractivity contribution in [1.82, 2.24) is 0 Å². The van der Waals surface area contributed by atoms with Crippen molar-refractivity contribution >= 4 is 28.4 Å². The summed E-state index contributed by atoms with van der Waals surface area (Å²) in [6.45, 7) is 1.85. The number of carbonyl (C=O) groups is 1. The Hall–Kier alpha value is -0.890. The van der Waals surface area contributed by atoms with Crippen molar-refractivity contribution in [3.8, 4) is 6.07 Å². The second-order valence-electron chi connectivity index (χ2n) is 2.96. The molecule has 1 rings (SSSR count). The number of nitrogens with zero attached hydrogens (tertiary/aromatic N) is 1. The molecule has 1 unspecified atom stereocenters. The number of halogens is 1. The molecule has 1 aromatic rings. The molecule has 0 aromatic heterocycles. The van der Waals surface area contributed by atoms with Gasteiger partial charge in [0, 0.05) is 9.13 Å². The second-order valence-corrected chi connectivity index (χ2v) is 4.21. The first-order chi connectivity index (χ1) is 6.69. The number of hydrogen-bond acceptors (Lipinski definition) is 2. The lowest BCUT2D eigenvalue weighted by Gasteiger charge is -2.04. The van der Waals surface area contributed by atoms with Gasteiger partial charge < -0.3 is 0 Å². The number of rotatable bonds is 3. The lowest BCUT2D eigenvalue weighted by molar-refractivity contribution is 0.0946. The summed E-state index contributed by atoms with van der Waals surface area (Å²) in [6.07, 6.45) is 0.570. The summed E-state index contributed by atoms with van der Waals surface area (Å²) in [5, 5.41) is 8.75. The maximum atomic E-state index is 11.7. The molecule has 0 spiro atoms. The molecule has 0 fully saturated rings. The fraction of sp³-hybridized carbons (Fsp3) is 0.273. The maximum absolute atomic E-state index is 11.7. The third kappa shape index (κ3) is 2.55. The summed E-state index contributed by atoms with van der Waals surface area (Å²) in [6, 6.07) is 9.33. The van der Waals surface area contributed by atoms with Crippen LogP contribution in [0.3, 0.4) is 0 Å². The van der Waals surface area contributed by atoms with Crippen molar-refractivity contribution in [3.05, 3.63) is 33.4 Å². The van der Waals surface area contributed by atoms with E-state index in [1.54, 1.807) is 6.07 Å². The summed E-state index contributed by atoms with van der Waals surface area (Å²) in [7, 11) is 0. The van der Waals surface area contributed by atoms with Gasteiger partial charge in [0.05, 0.1) is 6.07 Å². The number of benzene rings is 1. The zero-order chi connectivity index (χ0) is 10.6. The van der Waals surface area contributed by atoms with E-state index in [2.05, 4.69) is 22.6 Å². The van der Waals surface area contributed by atoms with Crippen LogP contribution in [0.5, 0.6) is 0 Å². The normalized spacial score (nSPS) is 11.8. The fourth-order valence-electron chi connectivity index (χ4n) is 1.18. The van der Waals surface area contributed by atoms with Crippen LogP contribution in [0, 0.1) is 20.8 Å². The van der Waals surface area contributed by atoms with Crippen LogP contribution in [0.15, 0.2) is 24.3 Å². The summed E-state index contributed by atoms with van der Waals surface area (Å²) in [5.41, 5.74) is 0.630. The minimum absolute atomic E-state index is 0.0754. The van der Waals surface area contributed by atoms with Crippen LogP contribution in [0.25, 0.3) is 0 Å². The van der Waals surface area contributed by atoms with Crippen LogP contribution in [0.4, 0.5) is 0 Å². The number of Topliss-reactive ketones (excluding diaryl/α,β-unsaturated/α-hetero) is 1. The Kier molecular flexibility index (Phi) is 4.08. The van der Waals surface area contributed by atoms with Crippen molar-refractivity contribution < 1.29 is 4.79 Å². The summed E-state index contributed by atoms with van der Waals surface area (Å²) < 4.78 is 1.02. The smallest absolute Gasteiger partial charge is 0.180 e. The van der Waals surface area contributed by atoms with Gasteiger partial charge >= 0.3 is 0 Å². The first-order valence-corrected chi connectivity index (χ1v) is 5.46. The number of ketones is 1. The number of nitriles is 1. The average molecular weight is 299 g/mol. The Morgan fingerprint density at radius 2 is 2.36 bits per heavy atom. The van der Waals surface area contributed by atoms with Gasteiger partial charge in [-0.1, -0.05) is 19.1 Å². The number of hydrogen-bond donors (Lipinski definition) is 0. The molecule has 0 saturated heterocycles. The van der Waals surface area contributed by atoms with E-state index >= 15 is 0 Å².